The first-order valence-electron chi connectivity index (χ1n) is 10.7. The van der Waals surface area contributed by atoms with Crippen LogP contribution in [0.4, 0.5) is 13.2 Å². The summed E-state index contributed by atoms with van der Waals surface area (Å²) in [5.74, 6) is 1.11. The van der Waals surface area contributed by atoms with Crippen molar-refractivity contribution in [2.45, 2.75) is 44.7 Å². The number of aromatic nitrogens is 3. The average molecular weight is 446 g/mol. The predicted octanol–water partition coefficient (Wildman–Crippen LogP) is 4.62. The van der Waals surface area contributed by atoms with Crippen molar-refractivity contribution < 1.29 is 22.7 Å². The number of fused-ring (bicyclic) bond motifs is 1. The van der Waals surface area contributed by atoms with Crippen molar-refractivity contribution in [3.8, 4) is 5.75 Å². The molecule has 1 unspecified atom stereocenters. The lowest BCUT2D eigenvalue weighted by molar-refractivity contribution is -0.137. The molecule has 4 rings (SSSR count). The van der Waals surface area contributed by atoms with Gasteiger partial charge in [-0.25, -0.2) is 0 Å². The summed E-state index contributed by atoms with van der Waals surface area (Å²) in [5, 5.41) is 8.15. The van der Waals surface area contributed by atoms with Crippen LogP contribution in [0.3, 0.4) is 0 Å². The molecule has 6 nitrogen and oxygen atoms in total. The smallest absolute Gasteiger partial charge is 0.417 e. The summed E-state index contributed by atoms with van der Waals surface area (Å²) in [6, 6.07) is 10.1. The average Bonchev–Trinajstić information content (AvgIpc) is 3.19. The maximum absolute atomic E-state index is 13.1. The number of halogens is 3. The highest BCUT2D eigenvalue weighted by Gasteiger charge is 2.32. The zero-order valence-electron chi connectivity index (χ0n) is 17.8. The first-order chi connectivity index (χ1) is 15.3. The van der Waals surface area contributed by atoms with E-state index in [1.54, 1.807) is 4.90 Å². The highest BCUT2D eigenvalue weighted by Crippen LogP contribution is 2.31. The van der Waals surface area contributed by atoms with Gasteiger partial charge in [0.15, 0.2) is 5.65 Å². The first kappa shape index (κ1) is 22.1. The monoisotopic (exact) mass is 446 g/mol. The molecule has 0 spiro atoms. The van der Waals surface area contributed by atoms with E-state index >= 15 is 0 Å². The molecule has 9 heteroatoms. The van der Waals surface area contributed by atoms with Gasteiger partial charge in [-0.05, 0) is 56.0 Å². The van der Waals surface area contributed by atoms with E-state index in [9.17, 15) is 18.0 Å². The largest absolute Gasteiger partial charge is 0.494 e. The van der Waals surface area contributed by atoms with Gasteiger partial charge in [0.25, 0.3) is 0 Å². The zero-order valence-corrected chi connectivity index (χ0v) is 17.8. The SMILES string of the molecule is Cc1cccc(OCCCC(=O)N2CCCC(c3nnc4ccc(C(F)(F)F)cn34)C2)c1. The third kappa shape index (κ3) is 5.03. The number of rotatable bonds is 6. The molecule has 1 saturated heterocycles. The first-order valence-corrected chi connectivity index (χ1v) is 10.7. The second-order valence-electron chi connectivity index (χ2n) is 8.15. The molecule has 0 bridgehead atoms. The summed E-state index contributed by atoms with van der Waals surface area (Å²) in [5.41, 5.74) is 0.731. The highest BCUT2D eigenvalue weighted by molar-refractivity contribution is 5.76. The van der Waals surface area contributed by atoms with Gasteiger partial charge < -0.3 is 9.64 Å². The second-order valence-corrected chi connectivity index (χ2v) is 8.15. The molecule has 1 aliphatic heterocycles. The number of nitrogens with zero attached hydrogens (tertiary/aromatic N) is 4. The Balaban J connectivity index is 1.36. The number of ether oxygens (including phenoxy) is 1. The van der Waals surface area contributed by atoms with Crippen LogP contribution in [-0.2, 0) is 11.0 Å². The lowest BCUT2D eigenvalue weighted by Crippen LogP contribution is -2.39. The van der Waals surface area contributed by atoms with Crippen molar-refractivity contribution >= 4 is 11.6 Å². The van der Waals surface area contributed by atoms with Crippen LogP contribution in [0.25, 0.3) is 5.65 Å². The minimum absolute atomic E-state index is 0.0207. The summed E-state index contributed by atoms with van der Waals surface area (Å²) in [6.07, 6.45) is -0.936. The number of likely N-dealkylation sites (tertiary alicyclic amines) is 1. The summed E-state index contributed by atoms with van der Waals surface area (Å²) in [7, 11) is 0. The normalized spacial score (nSPS) is 17.0. The van der Waals surface area contributed by atoms with E-state index < -0.39 is 11.7 Å². The van der Waals surface area contributed by atoms with Crippen molar-refractivity contribution in [2.24, 2.45) is 0 Å². The fourth-order valence-electron chi connectivity index (χ4n) is 4.05. The molecular weight excluding hydrogens is 421 g/mol. The van der Waals surface area contributed by atoms with Crippen LogP contribution in [-0.4, -0.2) is 45.1 Å². The molecule has 170 valence electrons. The van der Waals surface area contributed by atoms with Crippen LogP contribution in [0, 0.1) is 6.92 Å². The van der Waals surface area contributed by atoms with E-state index in [-0.39, 0.29) is 11.8 Å². The van der Waals surface area contributed by atoms with Crippen LogP contribution in [0.2, 0.25) is 0 Å². The number of piperidine rings is 1. The molecule has 1 atom stereocenters. The fourth-order valence-corrected chi connectivity index (χ4v) is 4.05. The number of benzene rings is 1. The van der Waals surface area contributed by atoms with Gasteiger partial charge in [0.2, 0.25) is 5.91 Å². The standard InChI is InChI=1S/C23H25F3N4O2/c1-16-5-2-7-19(13-16)32-12-4-8-21(31)29-11-3-6-17(14-29)22-28-27-20-10-9-18(15-30(20)22)23(24,25)26/h2,5,7,9-10,13,15,17H,3-4,6,8,11-12,14H2,1H3. The van der Waals surface area contributed by atoms with Gasteiger partial charge in [-0.15, -0.1) is 10.2 Å². The molecule has 0 aliphatic carbocycles. The van der Waals surface area contributed by atoms with Gasteiger partial charge in [-0.3, -0.25) is 9.20 Å². The molecule has 1 aromatic carbocycles. The maximum atomic E-state index is 13.1. The maximum Gasteiger partial charge on any atom is 0.417 e. The van der Waals surface area contributed by atoms with Gasteiger partial charge in [-0.2, -0.15) is 13.2 Å². The Hall–Kier alpha value is -3.10. The Morgan fingerprint density at radius 2 is 2.06 bits per heavy atom. The molecule has 2 aromatic heterocycles. The number of carbonyl (C=O) groups excluding carboxylic acids is 1. The Morgan fingerprint density at radius 1 is 1.22 bits per heavy atom. The van der Waals surface area contributed by atoms with Gasteiger partial charge in [-0.1, -0.05) is 12.1 Å². The van der Waals surface area contributed by atoms with Crippen molar-refractivity contribution in [3.05, 3.63) is 59.5 Å². The molecule has 0 N–H and O–H groups in total. The number of hydrogen-bond donors (Lipinski definition) is 0. The Kier molecular flexibility index (Phi) is 6.34. The molecule has 1 aliphatic rings. The molecule has 0 radical (unpaired) electrons. The van der Waals surface area contributed by atoms with E-state index in [4.69, 9.17) is 4.74 Å². The third-order valence-corrected chi connectivity index (χ3v) is 5.69. The summed E-state index contributed by atoms with van der Waals surface area (Å²) in [4.78, 5) is 14.5. The molecule has 32 heavy (non-hydrogen) atoms. The van der Waals surface area contributed by atoms with Crippen molar-refractivity contribution in [3.63, 3.8) is 0 Å². The second kappa shape index (κ2) is 9.18. The highest BCUT2D eigenvalue weighted by atomic mass is 19.4. The van der Waals surface area contributed by atoms with Gasteiger partial charge >= 0.3 is 6.18 Å². The molecule has 0 saturated carbocycles. The lowest BCUT2D eigenvalue weighted by atomic mass is 9.96. The summed E-state index contributed by atoms with van der Waals surface area (Å²) >= 11 is 0. The van der Waals surface area contributed by atoms with Gasteiger partial charge in [0.05, 0.1) is 12.2 Å². The van der Waals surface area contributed by atoms with E-state index in [0.29, 0.717) is 44.0 Å². The topological polar surface area (TPSA) is 59.7 Å². The predicted molar refractivity (Wildman–Crippen MR) is 112 cm³/mol. The number of hydrogen-bond acceptors (Lipinski definition) is 4. The van der Waals surface area contributed by atoms with Crippen molar-refractivity contribution in [2.75, 3.05) is 19.7 Å². The lowest BCUT2D eigenvalue weighted by Gasteiger charge is -2.32. The Bertz CT molecular complexity index is 1100. The van der Waals surface area contributed by atoms with Gasteiger partial charge in [0, 0.05) is 31.6 Å². The van der Waals surface area contributed by atoms with Crippen molar-refractivity contribution in [1.29, 1.82) is 0 Å². The Labute approximate surface area is 184 Å². The van der Waals surface area contributed by atoms with Gasteiger partial charge in [0.1, 0.15) is 11.6 Å². The summed E-state index contributed by atoms with van der Waals surface area (Å²) < 4.78 is 46.5. The van der Waals surface area contributed by atoms with E-state index in [0.717, 1.165) is 36.4 Å². The number of aryl methyl sites for hydroxylation is 1. The van der Waals surface area contributed by atoms with Crippen molar-refractivity contribution in [1.82, 2.24) is 19.5 Å². The van der Waals surface area contributed by atoms with E-state index in [1.165, 1.54) is 10.5 Å². The molecule has 1 fully saturated rings. The Morgan fingerprint density at radius 3 is 2.84 bits per heavy atom. The minimum atomic E-state index is -4.44. The summed E-state index contributed by atoms with van der Waals surface area (Å²) in [6.45, 7) is 3.50. The molecular formula is C23H25F3N4O2. The van der Waals surface area contributed by atoms with E-state index in [1.807, 2.05) is 31.2 Å². The number of pyridine rings is 1. The number of carbonyl (C=O) groups is 1. The van der Waals surface area contributed by atoms with Crippen LogP contribution in [0.5, 0.6) is 5.75 Å². The quantitative estimate of drug-likeness (QED) is 0.519. The zero-order chi connectivity index (χ0) is 22.7. The number of amides is 1. The van der Waals surface area contributed by atoms with Crippen LogP contribution in [0.1, 0.15) is 48.6 Å². The molecule has 1 amide bonds. The van der Waals surface area contributed by atoms with Crippen LogP contribution >= 0.6 is 0 Å². The third-order valence-electron chi connectivity index (χ3n) is 5.69. The minimum Gasteiger partial charge on any atom is -0.494 e. The van der Waals surface area contributed by atoms with Crippen LogP contribution < -0.4 is 4.74 Å². The molecule has 3 heterocycles. The van der Waals surface area contributed by atoms with Crippen LogP contribution in [0.15, 0.2) is 42.6 Å². The number of alkyl halides is 3. The fraction of sp³-hybridized carbons (Fsp3) is 0.435. The molecule has 3 aromatic rings. The van der Waals surface area contributed by atoms with E-state index in [2.05, 4.69) is 10.2 Å².